The first kappa shape index (κ1) is 16.1. The molecule has 1 aromatic carbocycles. The molecule has 1 aromatic rings. The van der Waals surface area contributed by atoms with Gasteiger partial charge in [0.1, 0.15) is 0 Å². The zero-order chi connectivity index (χ0) is 15.9. The first-order valence-corrected chi connectivity index (χ1v) is 8.31. The van der Waals surface area contributed by atoms with Crippen molar-refractivity contribution in [2.45, 2.75) is 31.9 Å². The van der Waals surface area contributed by atoms with Crippen molar-refractivity contribution in [2.75, 3.05) is 26.2 Å². The highest BCUT2D eigenvalue weighted by Crippen LogP contribution is 2.38. The quantitative estimate of drug-likeness (QED) is 0.853. The smallest absolute Gasteiger partial charge is 0.256 e. The summed E-state index contributed by atoms with van der Waals surface area (Å²) in [5.74, 6) is 0.0175. The molecule has 2 atom stereocenters. The van der Waals surface area contributed by atoms with E-state index in [1.807, 2.05) is 24.8 Å². The maximum Gasteiger partial charge on any atom is 0.256 e. The lowest BCUT2D eigenvalue weighted by Gasteiger charge is -2.42. The molecular formula is C16H20Cl2N2O2. The Morgan fingerprint density at radius 3 is 2.91 bits per heavy atom. The van der Waals surface area contributed by atoms with Crippen LogP contribution in [-0.2, 0) is 16.0 Å². The average molecular weight is 343 g/mol. The molecule has 120 valence electrons. The van der Waals surface area contributed by atoms with Crippen molar-refractivity contribution in [2.24, 2.45) is 0 Å². The molecule has 0 aromatic heterocycles. The van der Waals surface area contributed by atoms with E-state index in [9.17, 15) is 4.79 Å². The standard InChI is InChI=1S/C16H20Cl2N2O2/c1-10-14-11(7-12(17)8-13(14)18)3-5-20(10)15(21)16(2)9-19-4-6-22-16/h7-8,10,19H,3-6,9H2,1-2H3/t10-,16?/m0/s1. The van der Waals surface area contributed by atoms with Crippen LogP contribution < -0.4 is 5.32 Å². The van der Waals surface area contributed by atoms with Crippen LogP contribution in [0.3, 0.4) is 0 Å². The summed E-state index contributed by atoms with van der Waals surface area (Å²) in [7, 11) is 0. The minimum Gasteiger partial charge on any atom is -0.363 e. The van der Waals surface area contributed by atoms with Gasteiger partial charge < -0.3 is 15.0 Å². The van der Waals surface area contributed by atoms with E-state index in [0.717, 1.165) is 24.1 Å². The maximum atomic E-state index is 13.0. The predicted molar refractivity (Wildman–Crippen MR) is 87.5 cm³/mol. The van der Waals surface area contributed by atoms with Crippen LogP contribution >= 0.6 is 23.2 Å². The molecule has 1 N–H and O–H groups in total. The molecule has 2 aliphatic rings. The topological polar surface area (TPSA) is 41.6 Å². The van der Waals surface area contributed by atoms with Gasteiger partial charge in [-0.2, -0.15) is 0 Å². The molecule has 2 heterocycles. The van der Waals surface area contributed by atoms with Crippen LogP contribution in [-0.4, -0.2) is 42.6 Å². The van der Waals surface area contributed by atoms with Gasteiger partial charge in [0, 0.05) is 29.7 Å². The number of morpholine rings is 1. The van der Waals surface area contributed by atoms with E-state index in [-0.39, 0.29) is 11.9 Å². The number of carbonyl (C=O) groups is 1. The first-order valence-electron chi connectivity index (χ1n) is 7.56. The Morgan fingerprint density at radius 2 is 2.23 bits per heavy atom. The van der Waals surface area contributed by atoms with Crippen LogP contribution in [0.25, 0.3) is 0 Å². The lowest BCUT2D eigenvalue weighted by molar-refractivity contribution is -0.162. The number of ether oxygens (including phenoxy) is 1. The Bertz CT molecular complexity index is 600. The average Bonchev–Trinajstić information content (AvgIpc) is 2.47. The number of hydrogen-bond acceptors (Lipinski definition) is 3. The fourth-order valence-corrected chi connectivity index (χ4v) is 4.04. The monoisotopic (exact) mass is 342 g/mol. The summed E-state index contributed by atoms with van der Waals surface area (Å²) in [5.41, 5.74) is 1.32. The lowest BCUT2D eigenvalue weighted by atomic mass is 9.91. The molecule has 1 saturated heterocycles. The van der Waals surface area contributed by atoms with Crippen LogP contribution in [0.4, 0.5) is 0 Å². The van der Waals surface area contributed by atoms with Crippen molar-refractivity contribution in [3.63, 3.8) is 0 Å². The van der Waals surface area contributed by atoms with Crippen molar-refractivity contribution in [1.82, 2.24) is 10.2 Å². The van der Waals surface area contributed by atoms with Gasteiger partial charge in [0.2, 0.25) is 0 Å². The highest BCUT2D eigenvalue weighted by molar-refractivity contribution is 6.35. The number of rotatable bonds is 1. The summed E-state index contributed by atoms with van der Waals surface area (Å²) in [6.07, 6.45) is 0.759. The molecular weight excluding hydrogens is 323 g/mol. The van der Waals surface area contributed by atoms with Crippen molar-refractivity contribution < 1.29 is 9.53 Å². The Kier molecular flexibility index (Phi) is 4.38. The van der Waals surface area contributed by atoms with Gasteiger partial charge in [-0.3, -0.25) is 4.79 Å². The van der Waals surface area contributed by atoms with Crippen LogP contribution in [0.15, 0.2) is 12.1 Å². The molecule has 0 radical (unpaired) electrons. The number of halogens is 2. The van der Waals surface area contributed by atoms with E-state index in [4.69, 9.17) is 27.9 Å². The van der Waals surface area contributed by atoms with Gasteiger partial charge in [0.05, 0.1) is 12.6 Å². The second-order valence-electron chi connectivity index (χ2n) is 6.14. The van der Waals surface area contributed by atoms with Crippen molar-refractivity contribution in [1.29, 1.82) is 0 Å². The Labute approximate surface area is 140 Å². The van der Waals surface area contributed by atoms with Crippen molar-refractivity contribution >= 4 is 29.1 Å². The fourth-order valence-electron chi connectivity index (χ4n) is 3.35. The number of hydrogen-bond donors (Lipinski definition) is 1. The normalized spacial score (nSPS) is 28.4. The third-order valence-corrected chi connectivity index (χ3v) is 5.09. The van der Waals surface area contributed by atoms with Gasteiger partial charge in [-0.25, -0.2) is 0 Å². The number of fused-ring (bicyclic) bond motifs is 1. The number of benzene rings is 1. The third-order valence-electron chi connectivity index (χ3n) is 4.56. The Balaban J connectivity index is 1.89. The Morgan fingerprint density at radius 1 is 1.45 bits per heavy atom. The largest absolute Gasteiger partial charge is 0.363 e. The Hall–Kier alpha value is -0.810. The summed E-state index contributed by atoms with van der Waals surface area (Å²) in [4.78, 5) is 14.8. The molecule has 0 saturated carbocycles. The van der Waals surface area contributed by atoms with Gasteiger partial charge in [0.15, 0.2) is 5.60 Å². The molecule has 4 nitrogen and oxygen atoms in total. The summed E-state index contributed by atoms with van der Waals surface area (Å²) < 4.78 is 5.76. The SMILES string of the molecule is C[C@H]1c2c(Cl)cc(Cl)cc2CCN1C(=O)C1(C)CNCCO1. The molecule has 0 spiro atoms. The molecule has 6 heteroatoms. The lowest BCUT2D eigenvalue weighted by Crippen LogP contribution is -2.59. The summed E-state index contributed by atoms with van der Waals surface area (Å²) in [5, 5.41) is 4.50. The van der Waals surface area contributed by atoms with Crippen LogP contribution in [0.1, 0.15) is 31.0 Å². The number of amides is 1. The van der Waals surface area contributed by atoms with E-state index in [1.165, 1.54) is 0 Å². The van der Waals surface area contributed by atoms with Crippen molar-refractivity contribution in [3.05, 3.63) is 33.3 Å². The van der Waals surface area contributed by atoms with Gasteiger partial charge in [-0.05, 0) is 43.5 Å². The summed E-state index contributed by atoms with van der Waals surface area (Å²) in [6.45, 7) is 6.39. The van der Waals surface area contributed by atoms with E-state index >= 15 is 0 Å². The van der Waals surface area contributed by atoms with E-state index in [0.29, 0.717) is 29.7 Å². The fraction of sp³-hybridized carbons (Fsp3) is 0.562. The van der Waals surface area contributed by atoms with Gasteiger partial charge in [0.25, 0.3) is 5.91 Å². The van der Waals surface area contributed by atoms with E-state index in [1.54, 1.807) is 6.07 Å². The zero-order valence-electron chi connectivity index (χ0n) is 12.8. The molecule has 0 bridgehead atoms. The molecule has 2 aliphatic heterocycles. The molecule has 1 unspecified atom stereocenters. The zero-order valence-corrected chi connectivity index (χ0v) is 14.3. The van der Waals surface area contributed by atoms with E-state index in [2.05, 4.69) is 5.32 Å². The van der Waals surface area contributed by atoms with Gasteiger partial charge in [-0.15, -0.1) is 0 Å². The van der Waals surface area contributed by atoms with E-state index < -0.39 is 5.60 Å². The van der Waals surface area contributed by atoms with Crippen LogP contribution in [0.2, 0.25) is 10.0 Å². The molecule has 0 aliphatic carbocycles. The maximum absolute atomic E-state index is 13.0. The van der Waals surface area contributed by atoms with Crippen molar-refractivity contribution in [3.8, 4) is 0 Å². The van der Waals surface area contributed by atoms with Crippen LogP contribution in [0, 0.1) is 0 Å². The minimum atomic E-state index is -0.803. The summed E-state index contributed by atoms with van der Waals surface area (Å²) in [6, 6.07) is 3.61. The second-order valence-corrected chi connectivity index (χ2v) is 6.98. The molecule has 22 heavy (non-hydrogen) atoms. The molecule has 3 rings (SSSR count). The minimum absolute atomic E-state index is 0.0175. The number of carbonyl (C=O) groups excluding carboxylic acids is 1. The molecule has 1 fully saturated rings. The first-order chi connectivity index (χ1) is 10.4. The highest BCUT2D eigenvalue weighted by atomic mass is 35.5. The summed E-state index contributed by atoms with van der Waals surface area (Å²) >= 11 is 12.4. The van der Waals surface area contributed by atoms with Gasteiger partial charge >= 0.3 is 0 Å². The predicted octanol–water partition coefficient (Wildman–Crippen LogP) is 2.82. The number of nitrogens with one attached hydrogen (secondary N) is 1. The molecule has 1 amide bonds. The highest BCUT2D eigenvalue weighted by Gasteiger charge is 2.42. The second kappa shape index (κ2) is 6.00. The third kappa shape index (κ3) is 2.73. The number of nitrogens with zero attached hydrogens (tertiary/aromatic N) is 1. The van der Waals surface area contributed by atoms with Gasteiger partial charge in [-0.1, -0.05) is 23.2 Å². The van der Waals surface area contributed by atoms with Crippen LogP contribution in [0.5, 0.6) is 0 Å².